The van der Waals surface area contributed by atoms with Crippen molar-refractivity contribution in [2.45, 2.75) is 124 Å². The lowest BCUT2D eigenvalue weighted by Gasteiger charge is -2.27. The van der Waals surface area contributed by atoms with Crippen LogP contribution in [-0.2, 0) is 41.6 Å². The SMILES string of the molecule is CNC(C(=O)NC(Cc1cnc[nH]1)C(=O)NC(CC(C)C)C(=O)NC(C(C)=O)C(C)O)C(C)C.CNC(C(=O)NC(Cc1cnc[nH]1)C(C)=O)C(C)C. The Bertz CT molecular complexity index is 1430. The van der Waals surface area contributed by atoms with Crippen LogP contribution in [0.3, 0.4) is 0 Å². The molecule has 0 aliphatic heterocycles. The zero-order valence-electron chi connectivity index (χ0n) is 33.0. The molecule has 17 nitrogen and oxygen atoms in total. The number of Topliss-reactive ketones (excluding diaryl/α,β-unsaturated/α-hetero) is 2. The van der Waals surface area contributed by atoms with Gasteiger partial charge >= 0.3 is 0 Å². The van der Waals surface area contributed by atoms with Crippen molar-refractivity contribution < 1.29 is 33.9 Å². The third kappa shape index (κ3) is 16.4. The maximum Gasteiger partial charge on any atom is 0.243 e. The zero-order chi connectivity index (χ0) is 40.4. The van der Waals surface area contributed by atoms with E-state index in [1.807, 2.05) is 41.5 Å². The predicted molar refractivity (Wildman–Crippen MR) is 200 cm³/mol. The highest BCUT2D eigenvalue weighted by Gasteiger charge is 2.32. The molecule has 9 N–H and O–H groups in total. The van der Waals surface area contributed by atoms with E-state index < -0.39 is 53.9 Å². The van der Waals surface area contributed by atoms with Crippen molar-refractivity contribution >= 4 is 35.2 Å². The highest BCUT2D eigenvalue weighted by Crippen LogP contribution is 2.10. The number of aromatic amines is 2. The quantitative estimate of drug-likeness (QED) is 0.0818. The number of imidazole rings is 2. The maximum absolute atomic E-state index is 13.3. The van der Waals surface area contributed by atoms with Crippen LogP contribution in [0.2, 0.25) is 0 Å². The van der Waals surface area contributed by atoms with Crippen LogP contribution >= 0.6 is 0 Å². The first-order chi connectivity index (χ1) is 24.8. The first-order valence-electron chi connectivity index (χ1n) is 18.0. The number of nitrogens with one attached hydrogen (secondary N) is 8. The van der Waals surface area contributed by atoms with E-state index in [1.54, 1.807) is 32.8 Å². The minimum atomic E-state index is -1.08. The van der Waals surface area contributed by atoms with Gasteiger partial charge in [0.2, 0.25) is 23.6 Å². The van der Waals surface area contributed by atoms with Crippen molar-refractivity contribution in [2.75, 3.05) is 14.1 Å². The number of aliphatic hydroxyl groups is 1. The van der Waals surface area contributed by atoms with Crippen LogP contribution < -0.4 is 31.9 Å². The lowest BCUT2D eigenvalue weighted by atomic mass is 10.00. The highest BCUT2D eigenvalue weighted by molar-refractivity contribution is 5.95. The molecule has 2 heterocycles. The number of hydrogen-bond donors (Lipinski definition) is 9. The number of hydrogen-bond acceptors (Lipinski definition) is 11. The first kappa shape index (κ1) is 46.5. The molecule has 7 unspecified atom stereocenters. The molecular formula is C36H62N10O7. The summed E-state index contributed by atoms with van der Waals surface area (Å²) in [7, 11) is 3.41. The molecule has 0 aromatic carbocycles. The van der Waals surface area contributed by atoms with E-state index in [0.29, 0.717) is 18.5 Å². The molecule has 0 radical (unpaired) electrons. The second-order valence-corrected chi connectivity index (χ2v) is 14.3. The van der Waals surface area contributed by atoms with Crippen molar-refractivity contribution in [1.29, 1.82) is 0 Å². The van der Waals surface area contributed by atoms with Gasteiger partial charge < -0.3 is 47.0 Å². The van der Waals surface area contributed by atoms with Gasteiger partial charge in [-0.2, -0.15) is 0 Å². The average molecular weight is 747 g/mol. The van der Waals surface area contributed by atoms with E-state index in [-0.39, 0.29) is 47.8 Å². The standard InChI is InChI=1S/C23H40N6O5.C13H22N4O2/c1-12(2)8-17(22(33)29-20(14(5)30)15(6)31)27-21(32)18(9-16-10-25-11-26-16)28-23(34)19(24-7)13(3)4;1-8(2)12(14-4)13(19)17-11(9(3)18)5-10-6-15-7-16-10/h10-14,17-20,24,30H,8-9H2,1-7H3,(H,25,26)(H,27,32)(H,28,34)(H,29,33);6-8,11-12,14H,5H2,1-4H3,(H,15,16)(H,17,19). The second-order valence-electron chi connectivity index (χ2n) is 14.3. The molecule has 0 aliphatic carbocycles. The summed E-state index contributed by atoms with van der Waals surface area (Å²) >= 11 is 0. The molecular weight excluding hydrogens is 684 g/mol. The number of carbonyl (C=O) groups is 6. The first-order valence-corrected chi connectivity index (χ1v) is 18.0. The molecule has 0 saturated heterocycles. The minimum absolute atomic E-state index is 0.00989. The number of carbonyl (C=O) groups excluding carboxylic acids is 6. The van der Waals surface area contributed by atoms with Crippen molar-refractivity contribution in [3.05, 3.63) is 36.4 Å². The average Bonchev–Trinajstić information content (AvgIpc) is 3.77. The fourth-order valence-corrected chi connectivity index (χ4v) is 5.59. The smallest absolute Gasteiger partial charge is 0.243 e. The fourth-order valence-electron chi connectivity index (χ4n) is 5.59. The largest absolute Gasteiger partial charge is 0.391 e. The van der Waals surface area contributed by atoms with Gasteiger partial charge in [0.25, 0.3) is 0 Å². The van der Waals surface area contributed by atoms with Gasteiger partial charge in [0, 0.05) is 36.6 Å². The van der Waals surface area contributed by atoms with Crippen LogP contribution in [0.15, 0.2) is 25.0 Å². The normalized spacial score (nSPS) is 15.2. The summed E-state index contributed by atoms with van der Waals surface area (Å²) in [5.74, 6) is -1.88. The molecule has 2 aromatic rings. The van der Waals surface area contributed by atoms with E-state index in [2.05, 4.69) is 51.8 Å². The van der Waals surface area contributed by atoms with Crippen LogP contribution in [0.1, 0.15) is 80.1 Å². The molecule has 53 heavy (non-hydrogen) atoms. The monoisotopic (exact) mass is 746 g/mol. The van der Waals surface area contributed by atoms with E-state index >= 15 is 0 Å². The summed E-state index contributed by atoms with van der Waals surface area (Å²) in [5, 5.41) is 26.6. The Morgan fingerprint density at radius 3 is 1.36 bits per heavy atom. The Hall–Kier alpha value is -4.48. The number of aromatic nitrogens is 4. The molecule has 0 bridgehead atoms. The Morgan fingerprint density at radius 2 is 1.02 bits per heavy atom. The Labute approximate surface area is 312 Å². The molecule has 4 amide bonds. The third-order valence-corrected chi connectivity index (χ3v) is 8.48. The number of nitrogens with zero attached hydrogens (tertiary/aromatic N) is 2. The number of ketones is 2. The zero-order valence-corrected chi connectivity index (χ0v) is 33.0. The van der Waals surface area contributed by atoms with Crippen LogP contribution in [0, 0.1) is 17.8 Å². The molecule has 2 rings (SSSR count). The molecule has 17 heteroatoms. The van der Waals surface area contributed by atoms with Gasteiger partial charge in [-0.15, -0.1) is 0 Å². The second kappa shape index (κ2) is 23.2. The molecule has 0 aliphatic rings. The van der Waals surface area contributed by atoms with Crippen molar-refractivity contribution in [2.24, 2.45) is 17.8 Å². The van der Waals surface area contributed by atoms with Crippen molar-refractivity contribution in [3.8, 4) is 0 Å². The maximum atomic E-state index is 13.3. The van der Waals surface area contributed by atoms with E-state index in [0.717, 1.165) is 5.69 Å². The predicted octanol–water partition coefficient (Wildman–Crippen LogP) is -0.0635. The van der Waals surface area contributed by atoms with Gasteiger partial charge in [-0.1, -0.05) is 41.5 Å². The Kier molecular flexibility index (Phi) is 20.4. The molecule has 298 valence electrons. The number of rotatable bonds is 21. The van der Waals surface area contributed by atoms with Crippen LogP contribution in [0.4, 0.5) is 0 Å². The summed E-state index contributed by atoms with van der Waals surface area (Å²) in [4.78, 5) is 88.3. The summed E-state index contributed by atoms with van der Waals surface area (Å²) in [6.07, 6.45) is 6.03. The number of aliphatic hydroxyl groups excluding tert-OH is 1. The minimum Gasteiger partial charge on any atom is -0.391 e. The number of amides is 4. The third-order valence-electron chi connectivity index (χ3n) is 8.48. The van der Waals surface area contributed by atoms with E-state index in [1.165, 1.54) is 27.1 Å². The molecule has 2 aromatic heterocycles. The topological polar surface area (TPSA) is 252 Å². The summed E-state index contributed by atoms with van der Waals surface area (Å²) in [6, 6.07) is -4.34. The van der Waals surface area contributed by atoms with Gasteiger partial charge in [-0.3, -0.25) is 28.8 Å². The molecule has 0 saturated carbocycles. The van der Waals surface area contributed by atoms with Crippen LogP contribution in [-0.4, -0.2) is 117 Å². The number of H-pyrrole nitrogens is 2. The van der Waals surface area contributed by atoms with Gasteiger partial charge in [-0.05, 0) is 59.0 Å². The van der Waals surface area contributed by atoms with Gasteiger partial charge in [0.1, 0.15) is 18.1 Å². The molecule has 7 atom stereocenters. The van der Waals surface area contributed by atoms with E-state index in [9.17, 15) is 33.9 Å². The lowest BCUT2D eigenvalue weighted by molar-refractivity contribution is -0.134. The molecule has 0 spiro atoms. The molecule has 0 fully saturated rings. The highest BCUT2D eigenvalue weighted by atomic mass is 16.3. The summed E-state index contributed by atoms with van der Waals surface area (Å²) in [5.41, 5.74) is 1.47. The van der Waals surface area contributed by atoms with Gasteiger partial charge in [0.15, 0.2) is 11.6 Å². The van der Waals surface area contributed by atoms with Crippen LogP contribution in [0.5, 0.6) is 0 Å². The summed E-state index contributed by atoms with van der Waals surface area (Å²) < 4.78 is 0. The Balaban J connectivity index is 0.000000622. The Morgan fingerprint density at radius 1 is 0.604 bits per heavy atom. The van der Waals surface area contributed by atoms with Gasteiger partial charge in [0.05, 0.1) is 36.9 Å². The number of likely N-dealkylation sites (N-methyl/N-ethyl adjacent to an activating group) is 2. The van der Waals surface area contributed by atoms with Crippen molar-refractivity contribution in [1.82, 2.24) is 51.8 Å². The summed E-state index contributed by atoms with van der Waals surface area (Å²) in [6.45, 7) is 15.6. The lowest BCUT2D eigenvalue weighted by Crippen LogP contribution is -2.59. The van der Waals surface area contributed by atoms with Gasteiger partial charge in [-0.25, -0.2) is 9.97 Å². The van der Waals surface area contributed by atoms with Crippen molar-refractivity contribution in [3.63, 3.8) is 0 Å². The van der Waals surface area contributed by atoms with E-state index in [4.69, 9.17) is 0 Å². The fraction of sp³-hybridized carbons (Fsp3) is 0.667. The van der Waals surface area contributed by atoms with Crippen LogP contribution in [0.25, 0.3) is 0 Å².